The molecule has 0 N–H and O–H groups in total. The van der Waals surface area contributed by atoms with Crippen LogP contribution in [-0.2, 0) is 9.84 Å². The van der Waals surface area contributed by atoms with Crippen LogP contribution in [0.15, 0.2) is 71.6 Å². The summed E-state index contributed by atoms with van der Waals surface area (Å²) in [7, 11) is 1.03. The first-order valence-electron chi connectivity index (χ1n) is 11.6. The molecule has 0 amide bonds. The Balaban J connectivity index is 1.79. The zero-order valence-electron chi connectivity index (χ0n) is 21.9. The molecule has 0 unspecified atom stereocenters. The van der Waals surface area contributed by atoms with Gasteiger partial charge in [0.1, 0.15) is 0 Å². The van der Waals surface area contributed by atoms with E-state index in [1.54, 1.807) is 36.4 Å². The number of carbonyl (C=O) groups excluding carboxylic acids is 2. The van der Waals surface area contributed by atoms with Crippen LogP contribution in [0, 0.1) is 0 Å². The lowest BCUT2D eigenvalue weighted by Crippen LogP contribution is -2.11. The third-order valence-electron chi connectivity index (χ3n) is 5.88. The number of benzene rings is 3. The molecule has 0 fully saturated rings. The van der Waals surface area contributed by atoms with Gasteiger partial charge in [-0.15, -0.1) is 0 Å². The van der Waals surface area contributed by atoms with Crippen LogP contribution in [0.25, 0.3) is 16.9 Å². The number of rotatable bonds is 9. The van der Waals surface area contributed by atoms with Crippen LogP contribution in [0.1, 0.15) is 27.8 Å². The third kappa shape index (κ3) is 5.78. The van der Waals surface area contributed by atoms with Gasteiger partial charge in [0.15, 0.2) is 44.3 Å². The molecule has 39 heavy (non-hydrogen) atoms. The first-order chi connectivity index (χ1) is 18.5. The molecule has 11 heteroatoms. The lowest BCUT2D eigenvalue weighted by molar-refractivity contribution is 0.0723. The highest BCUT2D eigenvalue weighted by Crippen LogP contribution is 2.34. The predicted molar refractivity (Wildman–Crippen MR) is 143 cm³/mol. The Morgan fingerprint density at radius 2 is 1.38 bits per heavy atom. The standard InChI is InChI=1S/C28H26N2O8S/c1-17(31)18-6-13-25(27(14-18)37-4)38-28(32)22-16-23(19-7-12-24(35-2)26(15-19)36-3)30(29-22)20-8-10-21(11-9-20)39(5,33)34/h6-16H,1-5H3. The average Bonchev–Trinajstić information content (AvgIpc) is 3.38. The second kappa shape index (κ2) is 11.0. The molecule has 0 spiro atoms. The molecule has 202 valence electrons. The third-order valence-corrected chi connectivity index (χ3v) is 7.01. The lowest BCUT2D eigenvalue weighted by Gasteiger charge is -2.11. The SMILES string of the molecule is COc1ccc(-c2cc(C(=O)Oc3ccc(C(C)=O)cc3OC)nn2-c2ccc(S(C)(=O)=O)cc2)cc1OC. The first-order valence-corrected chi connectivity index (χ1v) is 13.5. The normalized spacial score (nSPS) is 11.1. The topological polar surface area (TPSA) is 123 Å². The molecule has 0 bridgehead atoms. The van der Waals surface area contributed by atoms with E-state index in [0.717, 1.165) is 6.26 Å². The summed E-state index contributed by atoms with van der Waals surface area (Å²) in [5, 5.41) is 4.47. The molecule has 0 radical (unpaired) electrons. The number of ketones is 1. The van der Waals surface area contributed by atoms with E-state index in [-0.39, 0.29) is 27.9 Å². The summed E-state index contributed by atoms with van der Waals surface area (Å²) in [5.41, 5.74) is 2.05. The molecular formula is C28H26N2O8S. The van der Waals surface area contributed by atoms with Gasteiger partial charge in [0.25, 0.3) is 0 Å². The summed E-state index contributed by atoms with van der Waals surface area (Å²) < 4.78 is 47.0. The molecule has 0 saturated heterocycles. The Morgan fingerprint density at radius 3 is 1.97 bits per heavy atom. The molecule has 1 aromatic heterocycles. The number of carbonyl (C=O) groups is 2. The number of hydrogen-bond donors (Lipinski definition) is 0. The predicted octanol–water partition coefficient (Wildman–Crippen LogP) is 4.39. The van der Waals surface area contributed by atoms with Gasteiger partial charge in [-0.3, -0.25) is 4.79 Å². The fourth-order valence-corrected chi connectivity index (χ4v) is 4.47. The summed E-state index contributed by atoms with van der Waals surface area (Å²) in [6.07, 6.45) is 1.12. The highest BCUT2D eigenvalue weighted by molar-refractivity contribution is 7.90. The highest BCUT2D eigenvalue weighted by Gasteiger charge is 2.22. The molecule has 0 aliphatic rings. The van der Waals surface area contributed by atoms with Crippen molar-refractivity contribution in [1.82, 2.24) is 9.78 Å². The van der Waals surface area contributed by atoms with E-state index in [0.29, 0.717) is 34.0 Å². The molecule has 3 aromatic carbocycles. The minimum Gasteiger partial charge on any atom is -0.493 e. The van der Waals surface area contributed by atoms with E-state index in [4.69, 9.17) is 18.9 Å². The summed E-state index contributed by atoms with van der Waals surface area (Å²) >= 11 is 0. The van der Waals surface area contributed by atoms with Crippen molar-refractivity contribution in [3.63, 3.8) is 0 Å². The minimum absolute atomic E-state index is 0.0235. The Labute approximate surface area is 225 Å². The van der Waals surface area contributed by atoms with Crippen molar-refractivity contribution in [3.05, 3.63) is 78.0 Å². The Kier molecular flexibility index (Phi) is 7.73. The number of esters is 1. The van der Waals surface area contributed by atoms with E-state index in [1.165, 1.54) is 63.3 Å². The number of nitrogens with zero attached hydrogens (tertiary/aromatic N) is 2. The van der Waals surface area contributed by atoms with Gasteiger partial charge in [0, 0.05) is 17.4 Å². The van der Waals surface area contributed by atoms with E-state index >= 15 is 0 Å². The molecule has 0 atom stereocenters. The summed E-state index contributed by atoms with van der Waals surface area (Å²) in [6, 6.07) is 17.4. The second-order valence-corrected chi connectivity index (χ2v) is 10.5. The van der Waals surface area contributed by atoms with Crippen LogP contribution in [0.3, 0.4) is 0 Å². The molecule has 0 aliphatic heterocycles. The maximum atomic E-state index is 13.2. The maximum absolute atomic E-state index is 13.2. The molecule has 0 saturated carbocycles. The lowest BCUT2D eigenvalue weighted by atomic mass is 10.1. The Morgan fingerprint density at radius 1 is 0.769 bits per heavy atom. The number of sulfone groups is 1. The Bertz CT molecular complexity index is 1660. The van der Waals surface area contributed by atoms with Crippen molar-refractivity contribution in [3.8, 4) is 39.9 Å². The number of methoxy groups -OCH3 is 3. The van der Waals surface area contributed by atoms with Crippen LogP contribution in [0.4, 0.5) is 0 Å². The van der Waals surface area contributed by atoms with Crippen LogP contribution in [0.2, 0.25) is 0 Å². The highest BCUT2D eigenvalue weighted by atomic mass is 32.2. The molecule has 0 aliphatic carbocycles. The first kappa shape index (κ1) is 27.4. The average molecular weight is 551 g/mol. The van der Waals surface area contributed by atoms with E-state index < -0.39 is 15.8 Å². The number of hydrogen-bond acceptors (Lipinski definition) is 9. The molecule has 1 heterocycles. The van der Waals surface area contributed by atoms with Crippen LogP contribution < -0.4 is 18.9 Å². The van der Waals surface area contributed by atoms with Gasteiger partial charge >= 0.3 is 5.97 Å². The van der Waals surface area contributed by atoms with Gasteiger partial charge < -0.3 is 18.9 Å². The van der Waals surface area contributed by atoms with Gasteiger partial charge in [-0.05, 0) is 73.7 Å². The zero-order valence-corrected chi connectivity index (χ0v) is 22.7. The Hall–Kier alpha value is -4.64. The fourth-order valence-electron chi connectivity index (χ4n) is 3.84. The maximum Gasteiger partial charge on any atom is 0.364 e. The van der Waals surface area contributed by atoms with Crippen molar-refractivity contribution in [1.29, 1.82) is 0 Å². The van der Waals surface area contributed by atoms with Gasteiger partial charge in [-0.1, -0.05) is 0 Å². The number of ether oxygens (including phenoxy) is 4. The molecule has 4 rings (SSSR count). The quantitative estimate of drug-likeness (QED) is 0.170. The second-order valence-electron chi connectivity index (χ2n) is 8.47. The van der Waals surface area contributed by atoms with Crippen molar-refractivity contribution < 1.29 is 37.0 Å². The van der Waals surface area contributed by atoms with Crippen molar-refractivity contribution >= 4 is 21.6 Å². The minimum atomic E-state index is -3.41. The zero-order chi connectivity index (χ0) is 28.3. The van der Waals surface area contributed by atoms with Crippen molar-refractivity contribution in [2.45, 2.75) is 11.8 Å². The largest absolute Gasteiger partial charge is 0.493 e. The summed E-state index contributed by atoms with van der Waals surface area (Å²) in [4.78, 5) is 25.1. The van der Waals surface area contributed by atoms with Crippen LogP contribution in [-0.4, -0.2) is 57.5 Å². The van der Waals surface area contributed by atoms with Gasteiger partial charge in [-0.25, -0.2) is 17.9 Å². The number of aromatic nitrogens is 2. The summed E-state index contributed by atoms with van der Waals surface area (Å²) in [5.74, 6) is 0.391. The smallest absolute Gasteiger partial charge is 0.364 e. The molecular weight excluding hydrogens is 524 g/mol. The van der Waals surface area contributed by atoms with Crippen LogP contribution in [0.5, 0.6) is 23.0 Å². The van der Waals surface area contributed by atoms with Gasteiger partial charge in [0.05, 0.1) is 37.6 Å². The molecule has 10 nitrogen and oxygen atoms in total. The van der Waals surface area contributed by atoms with E-state index in [1.807, 2.05) is 0 Å². The van der Waals surface area contributed by atoms with E-state index in [2.05, 4.69) is 5.10 Å². The monoisotopic (exact) mass is 550 g/mol. The van der Waals surface area contributed by atoms with Crippen LogP contribution >= 0.6 is 0 Å². The van der Waals surface area contributed by atoms with E-state index in [9.17, 15) is 18.0 Å². The van der Waals surface area contributed by atoms with Crippen molar-refractivity contribution in [2.24, 2.45) is 0 Å². The van der Waals surface area contributed by atoms with Gasteiger partial charge in [-0.2, -0.15) is 5.10 Å². The fraction of sp³-hybridized carbons (Fsp3) is 0.179. The van der Waals surface area contributed by atoms with Crippen molar-refractivity contribution in [2.75, 3.05) is 27.6 Å². The van der Waals surface area contributed by atoms with Gasteiger partial charge in [0.2, 0.25) is 0 Å². The summed E-state index contributed by atoms with van der Waals surface area (Å²) in [6.45, 7) is 1.42. The molecule has 4 aromatic rings. The number of Topliss-reactive ketones (excluding diaryl/α,β-unsaturated/α-hetero) is 1.